The number of thioether (sulfide) groups is 1. The first-order valence-corrected chi connectivity index (χ1v) is 10.5. The standard InChI is InChI=1S/C21H24N4O2S/c1-14(2)20-22-23-21(24(20)12-17-8-6-10-27-17)28-13-19(26)25-15(3)11-16-7-4-5-9-18(16)25/h4-10,14-15H,11-13H2,1-3H3. The van der Waals surface area contributed by atoms with Crippen LogP contribution in [0.3, 0.4) is 0 Å². The molecule has 146 valence electrons. The minimum Gasteiger partial charge on any atom is -0.467 e. The lowest BCUT2D eigenvalue weighted by atomic mass is 10.1. The number of furan rings is 1. The largest absolute Gasteiger partial charge is 0.467 e. The quantitative estimate of drug-likeness (QED) is 0.587. The van der Waals surface area contributed by atoms with Crippen molar-refractivity contribution in [3.05, 3.63) is 59.8 Å². The second-order valence-corrected chi connectivity index (χ2v) is 8.34. The fraction of sp³-hybridized carbons (Fsp3) is 0.381. The van der Waals surface area contributed by atoms with Gasteiger partial charge in [-0.2, -0.15) is 0 Å². The van der Waals surface area contributed by atoms with Crippen molar-refractivity contribution in [2.75, 3.05) is 10.7 Å². The van der Waals surface area contributed by atoms with Crippen molar-refractivity contribution in [3.63, 3.8) is 0 Å². The predicted octanol–water partition coefficient (Wildman–Crippen LogP) is 4.11. The molecular formula is C21H24N4O2S. The number of para-hydroxylation sites is 1. The molecule has 28 heavy (non-hydrogen) atoms. The molecular weight excluding hydrogens is 372 g/mol. The van der Waals surface area contributed by atoms with Crippen LogP contribution in [0.1, 0.15) is 43.8 Å². The molecule has 1 aliphatic rings. The lowest BCUT2D eigenvalue weighted by molar-refractivity contribution is -0.116. The first-order valence-electron chi connectivity index (χ1n) is 9.53. The zero-order valence-corrected chi connectivity index (χ0v) is 17.1. The summed E-state index contributed by atoms with van der Waals surface area (Å²) in [6, 6.07) is 12.1. The summed E-state index contributed by atoms with van der Waals surface area (Å²) < 4.78 is 7.54. The Bertz CT molecular complexity index is 965. The van der Waals surface area contributed by atoms with E-state index in [9.17, 15) is 4.79 Å². The third-order valence-corrected chi connectivity index (χ3v) is 5.91. The lowest BCUT2D eigenvalue weighted by Gasteiger charge is -2.22. The van der Waals surface area contributed by atoms with Crippen molar-refractivity contribution in [1.29, 1.82) is 0 Å². The smallest absolute Gasteiger partial charge is 0.237 e. The molecule has 1 amide bonds. The number of carbonyl (C=O) groups excluding carboxylic acids is 1. The highest BCUT2D eigenvalue weighted by Crippen LogP contribution is 2.33. The maximum atomic E-state index is 13.0. The van der Waals surface area contributed by atoms with Crippen LogP contribution in [0.15, 0.2) is 52.2 Å². The maximum Gasteiger partial charge on any atom is 0.237 e. The molecule has 0 bridgehead atoms. The lowest BCUT2D eigenvalue weighted by Crippen LogP contribution is -2.37. The molecule has 3 heterocycles. The van der Waals surface area contributed by atoms with E-state index in [2.05, 4.69) is 37.0 Å². The summed E-state index contributed by atoms with van der Waals surface area (Å²) in [7, 11) is 0. The normalized spacial score (nSPS) is 16.0. The van der Waals surface area contributed by atoms with E-state index in [1.165, 1.54) is 17.3 Å². The molecule has 0 saturated carbocycles. The number of hydrogen-bond donors (Lipinski definition) is 0. The second kappa shape index (κ2) is 7.83. The van der Waals surface area contributed by atoms with Crippen molar-refractivity contribution in [3.8, 4) is 0 Å². The SMILES string of the molecule is CC(C)c1nnc(SCC(=O)N2c3ccccc3CC2C)n1Cc1ccco1. The molecule has 7 heteroatoms. The van der Waals surface area contributed by atoms with Crippen LogP contribution in [-0.4, -0.2) is 32.5 Å². The Morgan fingerprint density at radius 3 is 2.82 bits per heavy atom. The Balaban J connectivity index is 1.51. The monoisotopic (exact) mass is 396 g/mol. The Morgan fingerprint density at radius 1 is 1.25 bits per heavy atom. The van der Waals surface area contributed by atoms with Crippen LogP contribution < -0.4 is 4.90 Å². The molecule has 1 aliphatic heterocycles. The molecule has 1 atom stereocenters. The summed E-state index contributed by atoms with van der Waals surface area (Å²) in [6.07, 6.45) is 2.57. The summed E-state index contributed by atoms with van der Waals surface area (Å²) in [4.78, 5) is 14.9. The topological polar surface area (TPSA) is 64.2 Å². The highest BCUT2D eigenvalue weighted by Gasteiger charge is 2.30. The Hall–Kier alpha value is -2.54. The first-order chi connectivity index (χ1) is 13.5. The fourth-order valence-electron chi connectivity index (χ4n) is 3.68. The summed E-state index contributed by atoms with van der Waals surface area (Å²) >= 11 is 1.44. The summed E-state index contributed by atoms with van der Waals surface area (Å²) in [5.74, 6) is 2.40. The van der Waals surface area contributed by atoms with Gasteiger partial charge in [0.05, 0.1) is 18.6 Å². The van der Waals surface area contributed by atoms with Crippen LogP contribution in [0.5, 0.6) is 0 Å². The van der Waals surface area contributed by atoms with E-state index >= 15 is 0 Å². The number of rotatable bonds is 6. The zero-order chi connectivity index (χ0) is 19.7. The Labute approximate surface area is 168 Å². The van der Waals surface area contributed by atoms with E-state index < -0.39 is 0 Å². The number of amides is 1. The molecule has 1 aromatic carbocycles. The van der Waals surface area contributed by atoms with Crippen molar-refractivity contribution in [2.24, 2.45) is 0 Å². The number of carbonyl (C=O) groups is 1. The average Bonchev–Trinajstić information content (AvgIpc) is 3.38. The molecule has 0 radical (unpaired) electrons. The minimum absolute atomic E-state index is 0.0982. The number of fused-ring (bicyclic) bond motifs is 1. The van der Waals surface area contributed by atoms with E-state index in [0.29, 0.717) is 12.3 Å². The molecule has 1 unspecified atom stereocenters. The van der Waals surface area contributed by atoms with Crippen LogP contribution in [0.2, 0.25) is 0 Å². The summed E-state index contributed by atoms with van der Waals surface area (Å²) in [5, 5.41) is 9.44. The molecule has 6 nitrogen and oxygen atoms in total. The van der Waals surface area contributed by atoms with Crippen molar-refractivity contribution >= 4 is 23.4 Å². The van der Waals surface area contributed by atoms with Gasteiger partial charge in [-0.05, 0) is 37.1 Å². The highest BCUT2D eigenvalue weighted by atomic mass is 32.2. The second-order valence-electron chi connectivity index (χ2n) is 7.40. The third-order valence-electron chi connectivity index (χ3n) is 4.96. The van der Waals surface area contributed by atoms with Gasteiger partial charge in [0.15, 0.2) is 5.16 Å². The summed E-state index contributed by atoms with van der Waals surface area (Å²) in [6.45, 7) is 6.84. The number of anilines is 1. The highest BCUT2D eigenvalue weighted by molar-refractivity contribution is 7.99. The van der Waals surface area contributed by atoms with E-state index in [0.717, 1.165) is 28.8 Å². The van der Waals surface area contributed by atoms with Gasteiger partial charge in [0.25, 0.3) is 0 Å². The van der Waals surface area contributed by atoms with Gasteiger partial charge < -0.3 is 9.32 Å². The minimum atomic E-state index is 0.0982. The van der Waals surface area contributed by atoms with Gasteiger partial charge in [0.1, 0.15) is 11.6 Å². The molecule has 0 aliphatic carbocycles. The molecule has 0 N–H and O–H groups in total. The molecule has 0 saturated heterocycles. The maximum absolute atomic E-state index is 13.0. The Morgan fingerprint density at radius 2 is 2.07 bits per heavy atom. The van der Waals surface area contributed by atoms with Gasteiger partial charge in [-0.3, -0.25) is 9.36 Å². The van der Waals surface area contributed by atoms with Crippen LogP contribution in [0.25, 0.3) is 0 Å². The molecule has 0 fully saturated rings. The average molecular weight is 397 g/mol. The van der Waals surface area contributed by atoms with Crippen LogP contribution in [-0.2, 0) is 17.8 Å². The van der Waals surface area contributed by atoms with Crippen molar-refractivity contribution in [2.45, 2.75) is 50.9 Å². The number of nitrogens with zero attached hydrogens (tertiary/aromatic N) is 4. The zero-order valence-electron chi connectivity index (χ0n) is 16.3. The first kappa shape index (κ1) is 18.8. The Kier molecular flexibility index (Phi) is 5.26. The van der Waals surface area contributed by atoms with Gasteiger partial charge in [-0.15, -0.1) is 10.2 Å². The molecule has 4 rings (SSSR count). The van der Waals surface area contributed by atoms with Gasteiger partial charge in [0.2, 0.25) is 5.91 Å². The predicted molar refractivity (Wildman–Crippen MR) is 110 cm³/mol. The van der Waals surface area contributed by atoms with E-state index in [4.69, 9.17) is 4.42 Å². The van der Waals surface area contributed by atoms with Gasteiger partial charge in [-0.1, -0.05) is 43.8 Å². The van der Waals surface area contributed by atoms with Gasteiger partial charge in [0, 0.05) is 17.6 Å². The van der Waals surface area contributed by atoms with Crippen LogP contribution >= 0.6 is 11.8 Å². The number of benzene rings is 1. The van der Waals surface area contributed by atoms with Crippen molar-refractivity contribution in [1.82, 2.24) is 14.8 Å². The van der Waals surface area contributed by atoms with Crippen LogP contribution in [0.4, 0.5) is 5.69 Å². The van der Waals surface area contributed by atoms with E-state index in [-0.39, 0.29) is 17.9 Å². The molecule has 0 spiro atoms. The third kappa shape index (κ3) is 3.58. The number of hydrogen-bond acceptors (Lipinski definition) is 5. The van der Waals surface area contributed by atoms with Crippen molar-refractivity contribution < 1.29 is 9.21 Å². The van der Waals surface area contributed by atoms with Gasteiger partial charge in [-0.25, -0.2) is 0 Å². The number of aromatic nitrogens is 3. The summed E-state index contributed by atoms with van der Waals surface area (Å²) in [5.41, 5.74) is 2.26. The molecule has 3 aromatic rings. The van der Waals surface area contributed by atoms with Gasteiger partial charge >= 0.3 is 0 Å². The van der Waals surface area contributed by atoms with E-state index in [1.54, 1.807) is 6.26 Å². The fourth-order valence-corrected chi connectivity index (χ4v) is 4.49. The molecule has 2 aromatic heterocycles. The van der Waals surface area contributed by atoms with Crippen LogP contribution in [0, 0.1) is 0 Å². The van der Waals surface area contributed by atoms with E-state index in [1.807, 2.05) is 39.8 Å².